The highest BCUT2D eigenvalue weighted by molar-refractivity contribution is 6.30. The van der Waals surface area contributed by atoms with Crippen LogP contribution in [0.1, 0.15) is 28.8 Å². The fraction of sp³-hybridized carbons (Fsp3) is 0.333. The zero-order valence-electron chi connectivity index (χ0n) is 14.9. The average molecular weight is 371 g/mol. The molecule has 0 radical (unpaired) electrons. The lowest BCUT2D eigenvalue weighted by Crippen LogP contribution is -2.45. The molecule has 1 heterocycles. The lowest BCUT2D eigenvalue weighted by molar-refractivity contribution is -0.136. The highest BCUT2D eigenvalue weighted by Gasteiger charge is 2.30. The fourth-order valence-electron chi connectivity index (χ4n) is 3.39. The summed E-state index contributed by atoms with van der Waals surface area (Å²) in [6, 6.07) is 16.8. The molecule has 3 rings (SSSR count). The first-order chi connectivity index (χ1) is 12.5. The fourth-order valence-corrected chi connectivity index (χ4v) is 3.51. The predicted octanol–water partition coefficient (Wildman–Crippen LogP) is 3.85. The van der Waals surface area contributed by atoms with E-state index in [9.17, 15) is 9.59 Å². The van der Waals surface area contributed by atoms with Crippen molar-refractivity contribution in [3.8, 4) is 0 Å². The molecule has 5 heteroatoms. The molecule has 0 aromatic heterocycles. The van der Waals surface area contributed by atoms with Gasteiger partial charge in [-0.25, -0.2) is 0 Å². The van der Waals surface area contributed by atoms with E-state index in [4.69, 9.17) is 11.6 Å². The van der Waals surface area contributed by atoms with Crippen LogP contribution in [-0.2, 0) is 11.3 Å². The number of carbonyl (C=O) groups excluding carboxylic acids is 2. The SMILES string of the molecule is CN(Cc1ccccc1)C(=O)C1CCCN(C(=O)c2ccc(Cl)cc2)C1. The van der Waals surface area contributed by atoms with Gasteiger partial charge in [-0.05, 0) is 42.7 Å². The molecule has 1 saturated heterocycles. The van der Waals surface area contributed by atoms with Gasteiger partial charge in [0.2, 0.25) is 5.91 Å². The lowest BCUT2D eigenvalue weighted by Gasteiger charge is -2.34. The van der Waals surface area contributed by atoms with E-state index >= 15 is 0 Å². The molecule has 2 aromatic carbocycles. The maximum atomic E-state index is 12.8. The highest BCUT2D eigenvalue weighted by Crippen LogP contribution is 2.21. The summed E-state index contributed by atoms with van der Waals surface area (Å²) in [6.45, 7) is 1.74. The minimum atomic E-state index is -0.145. The third kappa shape index (κ3) is 4.44. The Morgan fingerprint density at radius 2 is 1.81 bits per heavy atom. The van der Waals surface area contributed by atoms with Crippen LogP contribution in [-0.4, -0.2) is 41.8 Å². The summed E-state index contributed by atoms with van der Waals surface area (Å²) < 4.78 is 0. The quantitative estimate of drug-likeness (QED) is 0.820. The van der Waals surface area contributed by atoms with Crippen molar-refractivity contribution in [3.05, 3.63) is 70.7 Å². The lowest BCUT2D eigenvalue weighted by atomic mass is 9.95. The van der Waals surface area contributed by atoms with Crippen molar-refractivity contribution >= 4 is 23.4 Å². The van der Waals surface area contributed by atoms with Crippen LogP contribution in [0.4, 0.5) is 0 Å². The Hall–Kier alpha value is -2.33. The molecule has 1 aliphatic rings. The molecule has 26 heavy (non-hydrogen) atoms. The molecule has 0 saturated carbocycles. The molecule has 0 spiro atoms. The molecule has 0 bridgehead atoms. The number of piperidine rings is 1. The standard InChI is InChI=1S/C21H23ClN2O2/c1-23(14-16-6-3-2-4-7-16)20(25)18-8-5-13-24(15-18)21(26)17-9-11-19(22)12-10-17/h2-4,6-7,9-12,18H,5,8,13-15H2,1H3. The largest absolute Gasteiger partial charge is 0.341 e. The summed E-state index contributed by atoms with van der Waals surface area (Å²) in [5.41, 5.74) is 1.72. The third-order valence-electron chi connectivity index (χ3n) is 4.79. The van der Waals surface area contributed by atoms with Gasteiger partial charge >= 0.3 is 0 Å². The molecular weight excluding hydrogens is 348 g/mol. The molecular formula is C21H23ClN2O2. The zero-order chi connectivity index (χ0) is 18.5. The topological polar surface area (TPSA) is 40.6 Å². The van der Waals surface area contributed by atoms with Gasteiger partial charge in [-0.1, -0.05) is 41.9 Å². The molecule has 1 fully saturated rings. The Bertz CT molecular complexity index is 761. The van der Waals surface area contributed by atoms with Gasteiger partial charge in [0, 0.05) is 37.3 Å². The number of benzene rings is 2. The maximum Gasteiger partial charge on any atom is 0.253 e. The Morgan fingerprint density at radius 3 is 2.50 bits per heavy atom. The smallest absolute Gasteiger partial charge is 0.253 e. The summed E-state index contributed by atoms with van der Waals surface area (Å²) in [7, 11) is 1.83. The van der Waals surface area contributed by atoms with Gasteiger partial charge in [-0.3, -0.25) is 9.59 Å². The predicted molar refractivity (Wildman–Crippen MR) is 103 cm³/mol. The Morgan fingerprint density at radius 1 is 1.12 bits per heavy atom. The van der Waals surface area contributed by atoms with E-state index in [2.05, 4.69) is 0 Å². The van der Waals surface area contributed by atoms with Crippen LogP contribution < -0.4 is 0 Å². The van der Waals surface area contributed by atoms with Crippen molar-refractivity contribution in [2.75, 3.05) is 20.1 Å². The van der Waals surface area contributed by atoms with Crippen LogP contribution in [0, 0.1) is 5.92 Å². The van der Waals surface area contributed by atoms with E-state index in [0.29, 0.717) is 30.2 Å². The van der Waals surface area contributed by atoms with Gasteiger partial charge in [0.1, 0.15) is 0 Å². The second-order valence-electron chi connectivity index (χ2n) is 6.78. The van der Waals surface area contributed by atoms with E-state index in [1.54, 1.807) is 34.1 Å². The monoisotopic (exact) mass is 370 g/mol. The number of amides is 2. The van der Waals surface area contributed by atoms with Crippen LogP contribution in [0.3, 0.4) is 0 Å². The second kappa shape index (κ2) is 8.37. The van der Waals surface area contributed by atoms with Crippen molar-refractivity contribution in [1.82, 2.24) is 9.80 Å². The minimum absolute atomic E-state index is 0.0371. The van der Waals surface area contributed by atoms with Gasteiger partial charge in [-0.2, -0.15) is 0 Å². The van der Waals surface area contributed by atoms with Crippen molar-refractivity contribution in [3.63, 3.8) is 0 Å². The number of hydrogen-bond donors (Lipinski definition) is 0. The summed E-state index contributed by atoms with van der Waals surface area (Å²) >= 11 is 5.89. The molecule has 0 N–H and O–H groups in total. The van der Waals surface area contributed by atoms with Gasteiger partial charge in [-0.15, -0.1) is 0 Å². The highest BCUT2D eigenvalue weighted by atomic mass is 35.5. The number of hydrogen-bond acceptors (Lipinski definition) is 2. The number of likely N-dealkylation sites (tertiary alicyclic amines) is 1. The van der Waals surface area contributed by atoms with Crippen LogP contribution >= 0.6 is 11.6 Å². The van der Waals surface area contributed by atoms with Crippen molar-refractivity contribution in [2.24, 2.45) is 5.92 Å². The van der Waals surface area contributed by atoms with Crippen LogP contribution in [0.15, 0.2) is 54.6 Å². The Kier molecular flexibility index (Phi) is 5.94. The van der Waals surface area contributed by atoms with Crippen molar-refractivity contribution < 1.29 is 9.59 Å². The van der Waals surface area contributed by atoms with Crippen LogP contribution in [0.2, 0.25) is 5.02 Å². The summed E-state index contributed by atoms with van der Waals surface area (Å²) in [4.78, 5) is 29.1. The first-order valence-electron chi connectivity index (χ1n) is 8.88. The zero-order valence-corrected chi connectivity index (χ0v) is 15.7. The minimum Gasteiger partial charge on any atom is -0.341 e. The van der Waals surface area contributed by atoms with E-state index in [1.165, 1.54) is 0 Å². The average Bonchev–Trinajstić information content (AvgIpc) is 2.68. The van der Waals surface area contributed by atoms with Crippen LogP contribution in [0.25, 0.3) is 0 Å². The summed E-state index contributed by atoms with van der Waals surface area (Å²) in [6.07, 6.45) is 1.66. The van der Waals surface area contributed by atoms with Gasteiger partial charge in [0.15, 0.2) is 0 Å². The maximum absolute atomic E-state index is 12.8. The van der Waals surface area contributed by atoms with Crippen LogP contribution in [0.5, 0.6) is 0 Å². The molecule has 2 amide bonds. The molecule has 1 aliphatic heterocycles. The molecule has 136 valence electrons. The summed E-state index contributed by atoms with van der Waals surface area (Å²) in [5, 5.41) is 0.607. The van der Waals surface area contributed by atoms with Gasteiger partial charge in [0.05, 0.1) is 5.92 Å². The number of carbonyl (C=O) groups is 2. The Labute approximate surface area is 159 Å². The number of halogens is 1. The molecule has 1 atom stereocenters. The number of rotatable bonds is 4. The molecule has 0 aliphatic carbocycles. The van der Waals surface area contributed by atoms with Gasteiger partial charge in [0.25, 0.3) is 5.91 Å². The first-order valence-corrected chi connectivity index (χ1v) is 9.26. The van der Waals surface area contributed by atoms with E-state index in [1.807, 2.05) is 37.4 Å². The number of nitrogens with zero attached hydrogens (tertiary/aromatic N) is 2. The third-order valence-corrected chi connectivity index (χ3v) is 5.04. The normalized spacial score (nSPS) is 17.0. The molecule has 1 unspecified atom stereocenters. The summed E-state index contributed by atoms with van der Waals surface area (Å²) in [5.74, 6) is -0.0824. The van der Waals surface area contributed by atoms with E-state index in [0.717, 1.165) is 18.4 Å². The molecule has 4 nitrogen and oxygen atoms in total. The van der Waals surface area contributed by atoms with E-state index < -0.39 is 0 Å². The van der Waals surface area contributed by atoms with Crippen molar-refractivity contribution in [2.45, 2.75) is 19.4 Å². The first kappa shape index (κ1) is 18.5. The molecule has 2 aromatic rings. The second-order valence-corrected chi connectivity index (χ2v) is 7.21. The van der Waals surface area contributed by atoms with Crippen molar-refractivity contribution in [1.29, 1.82) is 0 Å². The van der Waals surface area contributed by atoms with Gasteiger partial charge < -0.3 is 9.80 Å². The van der Waals surface area contributed by atoms with E-state index in [-0.39, 0.29) is 17.7 Å². The Balaban J connectivity index is 1.63.